The van der Waals surface area contributed by atoms with Crippen LogP contribution in [0.25, 0.3) is 0 Å². The van der Waals surface area contributed by atoms with E-state index < -0.39 is 10.0 Å². The molecular weight excluding hydrogens is 260 g/mol. The lowest BCUT2D eigenvalue weighted by Gasteiger charge is -2.31. The zero-order valence-corrected chi connectivity index (χ0v) is 12.0. The van der Waals surface area contributed by atoms with Gasteiger partial charge in [0.15, 0.2) is 0 Å². The quantitative estimate of drug-likeness (QED) is 0.821. The molecular formula is C11H23ClN2O2S. The van der Waals surface area contributed by atoms with Crippen molar-refractivity contribution >= 4 is 22.4 Å². The van der Waals surface area contributed by atoms with E-state index in [2.05, 4.69) is 5.32 Å². The molecule has 1 unspecified atom stereocenters. The van der Waals surface area contributed by atoms with Crippen molar-refractivity contribution in [3.05, 3.63) is 0 Å². The molecule has 1 aliphatic carbocycles. The Labute approximate surface area is 111 Å². The van der Waals surface area contributed by atoms with Crippen LogP contribution in [0.1, 0.15) is 25.7 Å². The van der Waals surface area contributed by atoms with Crippen LogP contribution in [0.3, 0.4) is 0 Å². The van der Waals surface area contributed by atoms with Gasteiger partial charge in [0.2, 0.25) is 10.0 Å². The van der Waals surface area contributed by atoms with Crippen LogP contribution in [-0.2, 0) is 10.0 Å². The number of rotatable bonds is 5. The summed E-state index contributed by atoms with van der Waals surface area (Å²) in [5.41, 5.74) is 0. The van der Waals surface area contributed by atoms with Crippen LogP contribution < -0.4 is 5.32 Å². The summed E-state index contributed by atoms with van der Waals surface area (Å²) >= 11 is 0. The number of hydrogen-bond donors (Lipinski definition) is 1. The highest BCUT2D eigenvalue weighted by molar-refractivity contribution is 7.89. The van der Waals surface area contributed by atoms with E-state index in [4.69, 9.17) is 0 Å². The number of halogens is 1. The number of sulfonamides is 1. The van der Waals surface area contributed by atoms with E-state index in [1.54, 1.807) is 4.31 Å². The van der Waals surface area contributed by atoms with Crippen molar-refractivity contribution in [2.24, 2.45) is 11.8 Å². The SMILES string of the molecule is CNCC1CCCN(S(=O)(=O)CC2CC2)C1.Cl. The number of nitrogens with one attached hydrogen (secondary N) is 1. The molecule has 0 amide bonds. The maximum absolute atomic E-state index is 12.1. The van der Waals surface area contributed by atoms with E-state index in [1.165, 1.54) is 0 Å². The van der Waals surface area contributed by atoms with Crippen molar-refractivity contribution in [3.8, 4) is 0 Å². The number of piperidine rings is 1. The Morgan fingerprint density at radius 2 is 1.94 bits per heavy atom. The fourth-order valence-corrected chi connectivity index (χ4v) is 4.41. The third-order valence-corrected chi connectivity index (χ3v) is 5.52. The molecule has 0 aromatic heterocycles. The summed E-state index contributed by atoms with van der Waals surface area (Å²) in [5.74, 6) is 1.33. The van der Waals surface area contributed by atoms with Crippen LogP contribution in [0, 0.1) is 11.8 Å². The van der Waals surface area contributed by atoms with Crippen molar-refractivity contribution in [1.29, 1.82) is 0 Å². The van der Waals surface area contributed by atoms with Gasteiger partial charge in [-0.1, -0.05) is 0 Å². The van der Waals surface area contributed by atoms with Gasteiger partial charge in [-0.25, -0.2) is 12.7 Å². The van der Waals surface area contributed by atoms with E-state index in [0.29, 0.717) is 17.6 Å². The van der Waals surface area contributed by atoms with Crippen LogP contribution in [0.5, 0.6) is 0 Å². The highest BCUT2D eigenvalue weighted by Crippen LogP contribution is 2.32. The molecule has 2 rings (SSSR count). The molecule has 0 radical (unpaired) electrons. The third kappa shape index (κ3) is 4.39. The first-order chi connectivity index (χ1) is 7.62. The maximum Gasteiger partial charge on any atom is 0.214 e. The van der Waals surface area contributed by atoms with Gasteiger partial charge >= 0.3 is 0 Å². The summed E-state index contributed by atoms with van der Waals surface area (Å²) in [6, 6.07) is 0. The van der Waals surface area contributed by atoms with Gasteiger partial charge in [0, 0.05) is 13.1 Å². The molecule has 1 aliphatic heterocycles. The van der Waals surface area contributed by atoms with Crippen molar-refractivity contribution in [2.75, 3.05) is 32.4 Å². The summed E-state index contributed by atoms with van der Waals surface area (Å²) in [7, 11) is -1.04. The first kappa shape index (κ1) is 15.2. The fraction of sp³-hybridized carbons (Fsp3) is 1.00. The summed E-state index contributed by atoms with van der Waals surface area (Å²) in [4.78, 5) is 0. The minimum absolute atomic E-state index is 0. The van der Waals surface area contributed by atoms with Crippen LogP contribution in [0.15, 0.2) is 0 Å². The van der Waals surface area contributed by atoms with E-state index in [-0.39, 0.29) is 12.4 Å². The predicted octanol–water partition coefficient (Wildman–Crippen LogP) is 1.08. The Morgan fingerprint density at radius 1 is 1.24 bits per heavy atom. The number of nitrogens with zero attached hydrogens (tertiary/aromatic N) is 1. The lowest BCUT2D eigenvalue weighted by molar-refractivity contribution is 0.263. The second kappa shape index (κ2) is 6.36. The van der Waals surface area contributed by atoms with Crippen LogP contribution in [0.4, 0.5) is 0 Å². The second-order valence-electron chi connectivity index (χ2n) is 5.15. The minimum Gasteiger partial charge on any atom is -0.319 e. The third-order valence-electron chi connectivity index (χ3n) is 3.51. The molecule has 6 heteroatoms. The Hall–Kier alpha value is 0.160. The molecule has 1 atom stereocenters. The van der Waals surface area contributed by atoms with Crippen molar-refractivity contribution in [3.63, 3.8) is 0 Å². The Bertz CT molecular complexity index is 328. The van der Waals surface area contributed by atoms with Crippen molar-refractivity contribution in [2.45, 2.75) is 25.7 Å². The van der Waals surface area contributed by atoms with E-state index in [9.17, 15) is 8.42 Å². The zero-order valence-electron chi connectivity index (χ0n) is 10.4. The van der Waals surface area contributed by atoms with Gasteiger partial charge in [0.25, 0.3) is 0 Å². The highest BCUT2D eigenvalue weighted by atomic mass is 35.5. The highest BCUT2D eigenvalue weighted by Gasteiger charge is 2.34. The van der Waals surface area contributed by atoms with Crippen LogP contribution in [0.2, 0.25) is 0 Å². The smallest absolute Gasteiger partial charge is 0.214 e. The molecule has 2 fully saturated rings. The molecule has 0 aromatic rings. The van der Waals surface area contributed by atoms with Gasteiger partial charge in [-0.05, 0) is 51.1 Å². The number of hydrogen-bond acceptors (Lipinski definition) is 3. The molecule has 1 N–H and O–H groups in total. The summed E-state index contributed by atoms with van der Waals surface area (Å²) in [6.07, 6.45) is 4.37. The van der Waals surface area contributed by atoms with Gasteiger partial charge in [0.1, 0.15) is 0 Å². The van der Waals surface area contributed by atoms with E-state index in [1.807, 2.05) is 7.05 Å². The second-order valence-corrected chi connectivity index (χ2v) is 7.16. The van der Waals surface area contributed by atoms with E-state index >= 15 is 0 Å². The van der Waals surface area contributed by atoms with Crippen LogP contribution in [-0.4, -0.2) is 45.2 Å². The normalized spacial score (nSPS) is 26.5. The van der Waals surface area contributed by atoms with Crippen molar-refractivity contribution in [1.82, 2.24) is 9.62 Å². The molecule has 0 bridgehead atoms. The summed E-state index contributed by atoms with van der Waals surface area (Å²) in [5, 5.41) is 3.14. The molecule has 1 heterocycles. The Balaban J connectivity index is 0.00000144. The molecule has 102 valence electrons. The minimum atomic E-state index is -2.97. The lowest BCUT2D eigenvalue weighted by atomic mass is 10.00. The average Bonchev–Trinajstić information content (AvgIpc) is 3.02. The summed E-state index contributed by atoms with van der Waals surface area (Å²) < 4.78 is 25.9. The van der Waals surface area contributed by atoms with Gasteiger partial charge in [-0.15, -0.1) is 12.4 Å². The Kier molecular flexibility index (Phi) is 5.70. The van der Waals surface area contributed by atoms with Crippen LogP contribution >= 0.6 is 12.4 Å². The molecule has 17 heavy (non-hydrogen) atoms. The molecule has 0 aromatic carbocycles. The topological polar surface area (TPSA) is 49.4 Å². The van der Waals surface area contributed by atoms with E-state index in [0.717, 1.165) is 45.3 Å². The standard InChI is InChI=1S/C11H22N2O2S.ClH/c1-12-7-11-3-2-6-13(8-11)16(14,15)9-10-4-5-10;/h10-12H,2-9H2,1H3;1H. The van der Waals surface area contributed by atoms with Gasteiger partial charge in [0.05, 0.1) is 5.75 Å². The first-order valence-corrected chi connectivity index (χ1v) is 7.85. The monoisotopic (exact) mass is 282 g/mol. The van der Waals surface area contributed by atoms with Gasteiger partial charge in [-0.3, -0.25) is 0 Å². The van der Waals surface area contributed by atoms with Gasteiger partial charge < -0.3 is 5.32 Å². The largest absolute Gasteiger partial charge is 0.319 e. The Morgan fingerprint density at radius 3 is 2.53 bits per heavy atom. The fourth-order valence-electron chi connectivity index (χ4n) is 2.42. The molecule has 4 nitrogen and oxygen atoms in total. The molecule has 0 spiro atoms. The lowest BCUT2D eigenvalue weighted by Crippen LogP contribution is -2.43. The summed E-state index contributed by atoms with van der Waals surface area (Å²) in [6.45, 7) is 2.38. The van der Waals surface area contributed by atoms with Crippen molar-refractivity contribution < 1.29 is 8.42 Å². The zero-order chi connectivity index (χ0) is 11.6. The molecule has 1 saturated carbocycles. The maximum atomic E-state index is 12.1. The molecule has 1 saturated heterocycles. The first-order valence-electron chi connectivity index (χ1n) is 6.24. The average molecular weight is 283 g/mol. The van der Waals surface area contributed by atoms with Gasteiger partial charge in [-0.2, -0.15) is 0 Å². The molecule has 2 aliphatic rings. The predicted molar refractivity (Wildman–Crippen MR) is 72.0 cm³/mol.